The van der Waals surface area contributed by atoms with Crippen LogP contribution in [0.15, 0.2) is 42.5 Å². The normalized spacial score (nSPS) is 26.4. The maximum absolute atomic E-state index is 17.0. The summed E-state index contributed by atoms with van der Waals surface area (Å²) in [5.41, 5.74) is 0.956. The Kier molecular flexibility index (Phi) is 6.60. The highest BCUT2D eigenvalue weighted by Crippen LogP contribution is 2.46. The van der Waals surface area contributed by atoms with Crippen LogP contribution in [0.5, 0.6) is 11.6 Å². The predicted octanol–water partition coefficient (Wildman–Crippen LogP) is 6.32. The third-order valence-corrected chi connectivity index (χ3v) is 10.4. The molecule has 4 fully saturated rings. The minimum Gasteiger partial charge on any atom is -0.508 e. The summed E-state index contributed by atoms with van der Waals surface area (Å²) in [6.45, 7) is 2.67. The van der Waals surface area contributed by atoms with Crippen molar-refractivity contribution < 1.29 is 18.6 Å². The number of benzene rings is 3. The van der Waals surface area contributed by atoms with Crippen LogP contribution in [0.3, 0.4) is 0 Å². The van der Waals surface area contributed by atoms with Crippen molar-refractivity contribution in [3.63, 3.8) is 0 Å². The number of hydrogen-bond donors (Lipinski definition) is 2. The average Bonchev–Trinajstić information content (AvgIpc) is 3.65. The Morgan fingerprint density at radius 2 is 1.93 bits per heavy atom. The monoisotopic (exact) mass is 615 g/mol. The van der Waals surface area contributed by atoms with Crippen LogP contribution in [0.1, 0.15) is 37.7 Å². The number of nitrogens with zero attached hydrogens (tertiary/aromatic N) is 4. The Morgan fingerprint density at radius 3 is 2.73 bits per heavy atom. The first-order chi connectivity index (χ1) is 21.3. The highest BCUT2D eigenvalue weighted by molar-refractivity contribution is 6.35. The Bertz CT molecular complexity index is 1850. The molecule has 7 nitrogen and oxygen atoms in total. The molecule has 4 atom stereocenters. The molecule has 4 saturated heterocycles. The number of nitriles is 1. The Labute approximate surface area is 259 Å². The summed E-state index contributed by atoms with van der Waals surface area (Å²) in [5, 5.41) is 26.8. The second kappa shape index (κ2) is 10.4. The molecule has 3 aromatic carbocycles. The number of aromatic nitrogens is 1. The fourth-order valence-corrected chi connectivity index (χ4v) is 8.50. The second-order valence-corrected chi connectivity index (χ2v) is 13.2. The molecule has 4 aliphatic heterocycles. The number of halogens is 3. The van der Waals surface area contributed by atoms with E-state index in [-0.39, 0.29) is 52.0 Å². The van der Waals surface area contributed by atoms with Gasteiger partial charge in [0.25, 0.3) is 0 Å². The number of phenols is 1. The molecular weight excluding hydrogens is 584 g/mol. The van der Waals surface area contributed by atoms with Crippen LogP contribution in [0, 0.1) is 17.1 Å². The first-order valence-electron chi connectivity index (χ1n) is 15.3. The minimum atomic E-state index is -0.926. The lowest BCUT2D eigenvalue weighted by atomic mass is 9.94. The van der Waals surface area contributed by atoms with Gasteiger partial charge in [-0.15, -0.1) is 0 Å². The molecule has 4 aliphatic rings. The maximum atomic E-state index is 17.0. The number of aromatic hydroxyl groups is 1. The third kappa shape index (κ3) is 4.38. The molecule has 8 rings (SSSR count). The minimum absolute atomic E-state index is 0.00819. The van der Waals surface area contributed by atoms with Gasteiger partial charge in [-0.25, -0.2) is 13.8 Å². The van der Waals surface area contributed by atoms with Crippen molar-refractivity contribution in [1.29, 1.82) is 5.26 Å². The van der Waals surface area contributed by atoms with Crippen molar-refractivity contribution in [3.05, 3.63) is 58.9 Å². The van der Waals surface area contributed by atoms with E-state index >= 15 is 4.39 Å². The summed E-state index contributed by atoms with van der Waals surface area (Å²) in [6, 6.07) is 15.1. The molecular formula is C34H32ClF2N5O2. The quantitative estimate of drug-likeness (QED) is 0.272. The van der Waals surface area contributed by atoms with E-state index in [0.29, 0.717) is 42.7 Å². The molecule has 0 amide bonds. The summed E-state index contributed by atoms with van der Waals surface area (Å²) >= 11 is 6.90. The van der Waals surface area contributed by atoms with Gasteiger partial charge >= 0.3 is 0 Å². The largest absolute Gasteiger partial charge is 0.508 e. The number of anilines is 1. The van der Waals surface area contributed by atoms with Crippen LogP contribution in [-0.2, 0) is 0 Å². The van der Waals surface area contributed by atoms with Crippen molar-refractivity contribution in [3.8, 4) is 28.8 Å². The van der Waals surface area contributed by atoms with Gasteiger partial charge in [-0.1, -0.05) is 35.9 Å². The zero-order valence-corrected chi connectivity index (χ0v) is 24.9. The molecule has 226 valence electrons. The van der Waals surface area contributed by atoms with Gasteiger partial charge in [-0.3, -0.25) is 4.90 Å². The fraction of sp³-hybridized carbons (Fsp3) is 0.412. The van der Waals surface area contributed by atoms with E-state index in [1.54, 1.807) is 12.1 Å². The topological polar surface area (TPSA) is 84.6 Å². The molecule has 0 spiro atoms. The molecule has 10 heteroatoms. The molecule has 2 unspecified atom stereocenters. The van der Waals surface area contributed by atoms with Crippen LogP contribution in [-0.4, -0.2) is 71.6 Å². The molecule has 0 aliphatic carbocycles. The summed E-state index contributed by atoms with van der Waals surface area (Å²) in [6.07, 6.45) is 3.26. The SMILES string of the molecule is N#Cc1c(OC[C@@]23CCCN2C[C@H](F)C3)nc2c(F)c(-c3cc(O)cc4ccccc34)c(Cl)cc2c1N1CC2CCC(C1)N2. The van der Waals surface area contributed by atoms with Crippen molar-refractivity contribution in [2.24, 2.45) is 0 Å². The zero-order valence-electron chi connectivity index (χ0n) is 24.1. The molecule has 0 radical (unpaired) electrons. The van der Waals surface area contributed by atoms with Crippen LogP contribution >= 0.6 is 11.6 Å². The van der Waals surface area contributed by atoms with Gasteiger partial charge in [0.2, 0.25) is 5.88 Å². The number of pyridine rings is 1. The van der Waals surface area contributed by atoms with E-state index < -0.39 is 17.5 Å². The number of nitrogens with one attached hydrogen (secondary N) is 1. The van der Waals surface area contributed by atoms with Gasteiger partial charge in [0, 0.05) is 49.1 Å². The number of hydrogen-bond acceptors (Lipinski definition) is 7. The summed E-state index contributed by atoms with van der Waals surface area (Å²) in [5.74, 6) is -0.606. The number of ether oxygens (including phenoxy) is 1. The van der Waals surface area contributed by atoms with Crippen molar-refractivity contribution in [2.75, 3.05) is 37.7 Å². The number of phenolic OH excluding ortho intramolecular Hbond substituents is 1. The molecule has 2 bridgehead atoms. The van der Waals surface area contributed by atoms with Crippen LogP contribution < -0.4 is 15.0 Å². The Balaban J connectivity index is 1.32. The highest BCUT2D eigenvalue weighted by Gasteiger charge is 2.49. The summed E-state index contributed by atoms with van der Waals surface area (Å²) < 4.78 is 37.9. The van der Waals surface area contributed by atoms with E-state index in [1.165, 1.54) is 6.07 Å². The lowest BCUT2D eigenvalue weighted by Gasteiger charge is -2.36. The van der Waals surface area contributed by atoms with Crippen molar-refractivity contribution in [2.45, 2.75) is 55.9 Å². The lowest BCUT2D eigenvalue weighted by Crippen LogP contribution is -2.51. The molecule has 0 saturated carbocycles. The van der Waals surface area contributed by atoms with Crippen LogP contribution in [0.4, 0.5) is 14.5 Å². The molecule has 2 N–H and O–H groups in total. The van der Waals surface area contributed by atoms with Crippen molar-refractivity contribution >= 4 is 39.0 Å². The first kappa shape index (κ1) is 27.8. The molecule has 1 aromatic heterocycles. The third-order valence-electron chi connectivity index (χ3n) is 10.1. The Morgan fingerprint density at radius 1 is 1.14 bits per heavy atom. The van der Waals surface area contributed by atoms with Crippen LogP contribution in [0.25, 0.3) is 32.8 Å². The van der Waals surface area contributed by atoms with Gasteiger partial charge < -0.3 is 20.1 Å². The number of rotatable bonds is 5. The summed E-state index contributed by atoms with van der Waals surface area (Å²) in [7, 11) is 0. The molecule has 4 aromatic rings. The first-order valence-corrected chi connectivity index (χ1v) is 15.7. The average molecular weight is 616 g/mol. The van der Waals surface area contributed by atoms with Crippen molar-refractivity contribution in [1.82, 2.24) is 15.2 Å². The van der Waals surface area contributed by atoms with Crippen LogP contribution in [0.2, 0.25) is 5.02 Å². The van der Waals surface area contributed by atoms with E-state index in [1.807, 2.05) is 24.3 Å². The summed E-state index contributed by atoms with van der Waals surface area (Å²) in [4.78, 5) is 8.96. The second-order valence-electron chi connectivity index (χ2n) is 12.8. The Hall–Kier alpha value is -3.71. The number of piperazine rings is 1. The van der Waals surface area contributed by atoms with Gasteiger partial charge in [-0.05, 0) is 66.8 Å². The van der Waals surface area contributed by atoms with Gasteiger partial charge in [0.05, 0.1) is 16.2 Å². The number of fused-ring (bicyclic) bond motifs is 5. The smallest absolute Gasteiger partial charge is 0.234 e. The van der Waals surface area contributed by atoms with E-state index in [9.17, 15) is 14.8 Å². The highest BCUT2D eigenvalue weighted by atomic mass is 35.5. The van der Waals surface area contributed by atoms with E-state index in [4.69, 9.17) is 16.3 Å². The fourth-order valence-electron chi connectivity index (χ4n) is 8.21. The van der Waals surface area contributed by atoms with Gasteiger partial charge in [0.1, 0.15) is 35.7 Å². The predicted molar refractivity (Wildman–Crippen MR) is 167 cm³/mol. The van der Waals surface area contributed by atoms with Gasteiger partial charge in [-0.2, -0.15) is 5.26 Å². The lowest BCUT2D eigenvalue weighted by molar-refractivity contribution is 0.110. The standard InChI is InChI=1S/C34H32ClF2N5O2/c35-28-12-26-31(30(37)29(28)25-11-23(43)10-19-4-1-2-5-24(19)25)40-33(44-18-34-8-3-9-42(34)15-20(36)13-34)27(14-38)32(26)41-16-21-6-7-22(17-41)39-21/h1-2,4-5,10-12,20-22,39,43H,3,6-9,13,15-18H2/t20-,21?,22?,34+/m1/s1. The van der Waals surface area contributed by atoms with Gasteiger partial charge in [0.15, 0.2) is 5.82 Å². The molecule has 5 heterocycles. The molecule has 44 heavy (non-hydrogen) atoms. The zero-order chi connectivity index (χ0) is 30.2. The maximum Gasteiger partial charge on any atom is 0.234 e. The van der Waals surface area contributed by atoms with E-state index in [0.717, 1.165) is 43.0 Å². The van der Waals surface area contributed by atoms with E-state index in [2.05, 4.69) is 26.2 Å². The number of alkyl halides is 1.